The number of hydrogen-bond donors (Lipinski definition) is 1. The molecule has 3 aromatic rings. The van der Waals surface area contributed by atoms with Crippen LogP contribution in [-0.4, -0.2) is 5.91 Å². The van der Waals surface area contributed by atoms with E-state index in [1.807, 2.05) is 60.7 Å². The van der Waals surface area contributed by atoms with Crippen LogP contribution in [0.5, 0.6) is 0 Å². The van der Waals surface area contributed by atoms with E-state index in [1.165, 1.54) is 29.5 Å². The molecule has 1 unspecified atom stereocenters. The van der Waals surface area contributed by atoms with Crippen LogP contribution in [-0.2, 0) is 17.6 Å². The third kappa shape index (κ3) is 3.80. The van der Waals surface area contributed by atoms with Gasteiger partial charge in [-0.05, 0) is 54.0 Å². The number of aryl methyl sites for hydroxylation is 2. The highest BCUT2D eigenvalue weighted by molar-refractivity contribution is 5.87. The second-order valence-corrected chi connectivity index (χ2v) is 7.37. The van der Waals surface area contributed by atoms with Crippen LogP contribution < -0.4 is 5.32 Å². The fourth-order valence-electron chi connectivity index (χ4n) is 4.03. The zero-order valence-corrected chi connectivity index (χ0v) is 15.7. The number of rotatable bonds is 5. The molecule has 0 saturated carbocycles. The molecular weight excluding hydrogens is 330 g/mol. The predicted octanol–water partition coefficient (Wildman–Crippen LogP) is 5.18. The summed E-state index contributed by atoms with van der Waals surface area (Å²) in [7, 11) is 0. The summed E-state index contributed by atoms with van der Waals surface area (Å²) in [6.07, 6.45) is 3.57. The van der Waals surface area contributed by atoms with E-state index < -0.39 is 0 Å². The van der Waals surface area contributed by atoms with E-state index >= 15 is 0 Å². The minimum absolute atomic E-state index is 0.0154. The molecule has 1 amide bonds. The number of amides is 1. The van der Waals surface area contributed by atoms with Crippen molar-refractivity contribution in [1.82, 2.24) is 5.32 Å². The van der Waals surface area contributed by atoms with Crippen molar-refractivity contribution in [3.8, 4) is 0 Å². The minimum atomic E-state index is -0.302. The third-order valence-electron chi connectivity index (χ3n) is 5.51. The van der Waals surface area contributed by atoms with Crippen LogP contribution >= 0.6 is 0 Å². The summed E-state index contributed by atoms with van der Waals surface area (Å²) in [5.41, 5.74) is 6.12. The van der Waals surface area contributed by atoms with Crippen molar-refractivity contribution in [3.63, 3.8) is 0 Å². The van der Waals surface area contributed by atoms with Gasteiger partial charge in [0.2, 0.25) is 5.91 Å². The van der Waals surface area contributed by atoms with Gasteiger partial charge in [0.1, 0.15) is 0 Å². The highest BCUT2D eigenvalue weighted by Gasteiger charge is 2.24. The number of hydrogen-bond acceptors (Lipinski definition) is 1. The molecule has 2 nitrogen and oxygen atoms in total. The average molecular weight is 355 g/mol. The number of carbonyl (C=O) groups is 1. The maximum atomic E-state index is 13.3. The first-order chi connectivity index (χ1) is 13.2. The van der Waals surface area contributed by atoms with Gasteiger partial charge in [-0.25, -0.2) is 0 Å². The van der Waals surface area contributed by atoms with Crippen molar-refractivity contribution in [3.05, 3.63) is 107 Å². The van der Waals surface area contributed by atoms with E-state index in [2.05, 4.69) is 30.4 Å². The fourth-order valence-corrected chi connectivity index (χ4v) is 4.03. The normalized spacial score (nSPS) is 14.0. The van der Waals surface area contributed by atoms with Gasteiger partial charge in [0.15, 0.2) is 0 Å². The second-order valence-electron chi connectivity index (χ2n) is 7.37. The quantitative estimate of drug-likeness (QED) is 0.671. The lowest BCUT2D eigenvalue weighted by Crippen LogP contribution is -2.32. The Morgan fingerprint density at radius 3 is 2.00 bits per heavy atom. The van der Waals surface area contributed by atoms with Gasteiger partial charge in [-0.15, -0.1) is 0 Å². The Balaban J connectivity index is 1.58. The van der Waals surface area contributed by atoms with Crippen molar-refractivity contribution >= 4 is 5.91 Å². The molecule has 136 valence electrons. The van der Waals surface area contributed by atoms with Crippen molar-refractivity contribution < 1.29 is 4.79 Å². The Hall–Kier alpha value is -2.87. The first-order valence-corrected chi connectivity index (χ1v) is 9.74. The number of fused-ring (bicyclic) bond motifs is 1. The molecule has 1 aliphatic carbocycles. The van der Waals surface area contributed by atoms with Crippen molar-refractivity contribution in [2.45, 2.75) is 38.1 Å². The number of benzene rings is 3. The van der Waals surface area contributed by atoms with Gasteiger partial charge in [-0.3, -0.25) is 4.79 Å². The van der Waals surface area contributed by atoms with Gasteiger partial charge < -0.3 is 5.32 Å². The largest absolute Gasteiger partial charge is 0.349 e. The van der Waals surface area contributed by atoms with Crippen LogP contribution in [0.2, 0.25) is 0 Å². The summed E-state index contributed by atoms with van der Waals surface area (Å²) >= 11 is 0. The molecule has 0 spiro atoms. The Morgan fingerprint density at radius 1 is 0.778 bits per heavy atom. The molecule has 0 aromatic heterocycles. The van der Waals surface area contributed by atoms with Gasteiger partial charge in [-0.2, -0.15) is 0 Å². The monoisotopic (exact) mass is 355 g/mol. The van der Waals surface area contributed by atoms with Gasteiger partial charge in [0, 0.05) is 0 Å². The van der Waals surface area contributed by atoms with Gasteiger partial charge in [0.25, 0.3) is 0 Å². The van der Waals surface area contributed by atoms with E-state index in [-0.39, 0.29) is 17.9 Å². The first kappa shape index (κ1) is 17.5. The highest BCUT2D eigenvalue weighted by atomic mass is 16.1. The molecule has 0 heterocycles. The smallest absolute Gasteiger partial charge is 0.232 e. The molecule has 0 radical (unpaired) electrons. The summed E-state index contributed by atoms with van der Waals surface area (Å²) < 4.78 is 0. The fraction of sp³-hybridized carbons (Fsp3) is 0.240. The van der Waals surface area contributed by atoms with E-state index in [1.54, 1.807) is 0 Å². The van der Waals surface area contributed by atoms with E-state index in [9.17, 15) is 4.79 Å². The summed E-state index contributed by atoms with van der Waals surface area (Å²) in [6, 6.07) is 26.7. The van der Waals surface area contributed by atoms with Crippen LogP contribution in [0, 0.1) is 0 Å². The Morgan fingerprint density at radius 2 is 1.37 bits per heavy atom. The summed E-state index contributed by atoms with van der Waals surface area (Å²) in [6.45, 7) is 2.07. The molecule has 4 rings (SSSR count). The molecule has 0 saturated heterocycles. The molecular formula is C25H25NO. The molecule has 2 heteroatoms. The Bertz CT molecular complexity index is 878. The lowest BCUT2D eigenvalue weighted by atomic mass is 9.90. The zero-order chi connectivity index (χ0) is 18.6. The molecule has 0 aliphatic heterocycles. The molecule has 0 bridgehead atoms. The van der Waals surface area contributed by atoms with Crippen LogP contribution in [0.4, 0.5) is 0 Å². The topological polar surface area (TPSA) is 29.1 Å². The average Bonchev–Trinajstić information content (AvgIpc) is 3.17. The Labute approximate surface area is 161 Å². The van der Waals surface area contributed by atoms with Gasteiger partial charge in [0.05, 0.1) is 12.0 Å². The maximum absolute atomic E-state index is 13.3. The lowest BCUT2D eigenvalue weighted by molar-refractivity contribution is -0.122. The molecule has 0 fully saturated rings. The summed E-state index contributed by atoms with van der Waals surface area (Å²) in [4.78, 5) is 13.3. The zero-order valence-electron chi connectivity index (χ0n) is 15.7. The lowest BCUT2D eigenvalue weighted by Gasteiger charge is -2.22. The van der Waals surface area contributed by atoms with Crippen molar-refractivity contribution in [1.29, 1.82) is 0 Å². The molecule has 3 aromatic carbocycles. The SMILES string of the molecule is CC(NC(=O)C(c1ccccc1)c1ccccc1)c1ccc2c(c1)CCC2. The standard InChI is InChI=1S/C25H25NO/c1-18(22-16-15-19-13-8-14-23(19)17-22)26-25(27)24(20-9-4-2-5-10-20)21-11-6-3-7-12-21/h2-7,9-12,15-18,24H,8,13-14H2,1H3,(H,26,27). The van der Waals surface area contributed by atoms with Crippen LogP contribution in [0.1, 0.15) is 53.1 Å². The van der Waals surface area contributed by atoms with E-state index in [0.29, 0.717) is 0 Å². The van der Waals surface area contributed by atoms with Crippen LogP contribution in [0.15, 0.2) is 78.9 Å². The first-order valence-electron chi connectivity index (χ1n) is 9.74. The third-order valence-corrected chi connectivity index (χ3v) is 5.51. The second kappa shape index (κ2) is 7.79. The molecule has 1 aliphatic rings. The summed E-state index contributed by atoms with van der Waals surface area (Å²) in [5, 5.41) is 3.25. The molecule has 1 N–H and O–H groups in total. The van der Waals surface area contributed by atoms with Gasteiger partial charge >= 0.3 is 0 Å². The van der Waals surface area contributed by atoms with Crippen molar-refractivity contribution in [2.24, 2.45) is 0 Å². The molecule has 27 heavy (non-hydrogen) atoms. The number of nitrogens with one attached hydrogen (secondary N) is 1. The highest BCUT2D eigenvalue weighted by Crippen LogP contribution is 2.28. The van der Waals surface area contributed by atoms with E-state index in [4.69, 9.17) is 0 Å². The molecule has 1 atom stereocenters. The maximum Gasteiger partial charge on any atom is 0.232 e. The minimum Gasteiger partial charge on any atom is -0.349 e. The number of carbonyl (C=O) groups excluding carboxylic acids is 1. The van der Waals surface area contributed by atoms with Gasteiger partial charge in [-0.1, -0.05) is 78.9 Å². The van der Waals surface area contributed by atoms with Crippen LogP contribution in [0.3, 0.4) is 0 Å². The van der Waals surface area contributed by atoms with Crippen LogP contribution in [0.25, 0.3) is 0 Å². The summed E-state index contributed by atoms with van der Waals surface area (Å²) in [5.74, 6) is -0.260. The van der Waals surface area contributed by atoms with Crippen molar-refractivity contribution in [2.75, 3.05) is 0 Å². The Kier molecular flexibility index (Phi) is 5.06. The predicted molar refractivity (Wildman–Crippen MR) is 110 cm³/mol. The van der Waals surface area contributed by atoms with E-state index in [0.717, 1.165) is 17.5 Å².